The van der Waals surface area contributed by atoms with Gasteiger partial charge < -0.3 is 15.7 Å². The molecule has 18 heavy (non-hydrogen) atoms. The first-order valence-corrected chi connectivity index (χ1v) is 7.50. The molecule has 1 atom stereocenters. The van der Waals surface area contributed by atoms with E-state index in [1.807, 2.05) is 18.2 Å². The molecule has 1 amide bonds. The number of amides is 1. The van der Waals surface area contributed by atoms with Crippen molar-refractivity contribution < 1.29 is 9.90 Å². The minimum absolute atomic E-state index is 0.0979. The molecule has 0 heterocycles. The molecule has 1 aromatic rings. The average molecular weight is 427 g/mol. The third-order valence-electron chi connectivity index (χ3n) is 2.20. The van der Waals surface area contributed by atoms with E-state index < -0.39 is 0 Å². The molecule has 0 aliphatic rings. The molecule has 0 radical (unpaired) electrons. The van der Waals surface area contributed by atoms with Gasteiger partial charge in [-0.3, -0.25) is 4.79 Å². The maximum Gasteiger partial charge on any atom is 0.252 e. The quantitative estimate of drug-likeness (QED) is 0.479. The number of aliphatic hydroxyl groups is 1. The molecule has 1 rings (SSSR count). The van der Waals surface area contributed by atoms with Crippen molar-refractivity contribution in [3.05, 3.63) is 31.8 Å². The highest BCUT2D eigenvalue weighted by molar-refractivity contribution is 14.1. The summed E-state index contributed by atoms with van der Waals surface area (Å²) in [6, 6.07) is 5.64. The first-order chi connectivity index (χ1) is 8.50. The van der Waals surface area contributed by atoms with E-state index >= 15 is 0 Å². The fraction of sp³-hybridized carbons (Fsp3) is 0.417. The fourth-order valence-electron chi connectivity index (χ4n) is 1.34. The third kappa shape index (κ3) is 5.64. The summed E-state index contributed by atoms with van der Waals surface area (Å²) in [5.74, 6) is -0.0979. The van der Waals surface area contributed by atoms with Gasteiger partial charge in [0.25, 0.3) is 5.91 Å². The zero-order valence-electron chi connectivity index (χ0n) is 10.0. The molecular weight excluding hydrogens is 411 g/mol. The summed E-state index contributed by atoms with van der Waals surface area (Å²) in [7, 11) is 0. The Morgan fingerprint density at radius 1 is 1.50 bits per heavy atom. The topological polar surface area (TPSA) is 61.4 Å². The number of hydrogen-bond donors (Lipinski definition) is 3. The second-order valence-electron chi connectivity index (χ2n) is 3.93. The lowest BCUT2D eigenvalue weighted by Gasteiger charge is -2.09. The molecule has 4 nitrogen and oxygen atoms in total. The normalized spacial score (nSPS) is 12.2. The Labute approximate surface area is 129 Å². The van der Waals surface area contributed by atoms with Crippen LogP contribution in [-0.2, 0) is 0 Å². The molecule has 0 aliphatic carbocycles. The number of carbonyl (C=O) groups is 1. The van der Waals surface area contributed by atoms with Gasteiger partial charge in [-0.25, -0.2) is 0 Å². The van der Waals surface area contributed by atoms with Gasteiger partial charge in [-0.15, -0.1) is 0 Å². The number of aliphatic hydroxyl groups excluding tert-OH is 1. The van der Waals surface area contributed by atoms with Crippen LogP contribution in [0.3, 0.4) is 0 Å². The molecule has 1 aromatic carbocycles. The van der Waals surface area contributed by atoms with Crippen molar-refractivity contribution in [2.24, 2.45) is 0 Å². The molecule has 6 heteroatoms. The van der Waals surface area contributed by atoms with Crippen LogP contribution in [0, 0.1) is 3.57 Å². The van der Waals surface area contributed by atoms with Crippen molar-refractivity contribution in [1.29, 1.82) is 0 Å². The van der Waals surface area contributed by atoms with Crippen LogP contribution in [0.5, 0.6) is 0 Å². The number of benzene rings is 1. The van der Waals surface area contributed by atoms with Crippen LogP contribution in [0.25, 0.3) is 0 Å². The first kappa shape index (κ1) is 15.9. The van der Waals surface area contributed by atoms with Crippen molar-refractivity contribution in [1.82, 2.24) is 10.6 Å². The summed E-state index contributed by atoms with van der Waals surface area (Å²) in [4.78, 5) is 11.9. The molecule has 0 spiro atoms. The van der Waals surface area contributed by atoms with Crippen molar-refractivity contribution in [3.63, 3.8) is 0 Å². The van der Waals surface area contributed by atoms with Gasteiger partial charge in [0, 0.05) is 27.7 Å². The highest BCUT2D eigenvalue weighted by atomic mass is 127. The van der Waals surface area contributed by atoms with Crippen LogP contribution in [0.4, 0.5) is 0 Å². The summed E-state index contributed by atoms with van der Waals surface area (Å²) in [6.45, 7) is 3.42. The van der Waals surface area contributed by atoms with Crippen LogP contribution in [0.1, 0.15) is 17.3 Å². The van der Waals surface area contributed by atoms with E-state index in [0.29, 0.717) is 25.2 Å². The van der Waals surface area contributed by atoms with Crippen molar-refractivity contribution in [2.45, 2.75) is 13.0 Å². The second-order valence-corrected chi connectivity index (χ2v) is 6.03. The van der Waals surface area contributed by atoms with Gasteiger partial charge in [0.15, 0.2) is 0 Å². The van der Waals surface area contributed by atoms with E-state index in [2.05, 4.69) is 49.2 Å². The Morgan fingerprint density at radius 3 is 2.89 bits per heavy atom. The van der Waals surface area contributed by atoms with E-state index in [-0.39, 0.29) is 12.0 Å². The minimum Gasteiger partial charge on any atom is -0.392 e. The van der Waals surface area contributed by atoms with Crippen LogP contribution in [-0.4, -0.2) is 36.8 Å². The molecule has 3 N–H and O–H groups in total. The van der Waals surface area contributed by atoms with Gasteiger partial charge in [-0.05, 0) is 63.6 Å². The third-order valence-corrected chi connectivity index (χ3v) is 3.56. The Hall–Kier alpha value is -0.180. The second kappa shape index (κ2) is 8.08. The highest BCUT2D eigenvalue weighted by Gasteiger charge is 2.09. The molecular formula is C12H16BrIN2O2. The van der Waals surface area contributed by atoms with Crippen molar-refractivity contribution in [3.8, 4) is 0 Å². The van der Waals surface area contributed by atoms with E-state index in [1.165, 1.54) is 0 Å². The van der Waals surface area contributed by atoms with Crippen molar-refractivity contribution in [2.75, 3.05) is 19.6 Å². The van der Waals surface area contributed by atoms with Gasteiger partial charge in [0.05, 0.1) is 11.7 Å². The van der Waals surface area contributed by atoms with E-state index in [9.17, 15) is 4.79 Å². The van der Waals surface area contributed by atoms with E-state index in [1.54, 1.807) is 6.92 Å². The Balaban J connectivity index is 2.39. The lowest BCUT2D eigenvalue weighted by Crippen LogP contribution is -2.34. The fourth-order valence-corrected chi connectivity index (χ4v) is 2.26. The monoisotopic (exact) mass is 426 g/mol. The molecule has 0 saturated carbocycles. The molecule has 0 saturated heterocycles. The molecule has 0 aliphatic heterocycles. The van der Waals surface area contributed by atoms with Crippen LogP contribution >= 0.6 is 38.5 Å². The molecule has 0 aromatic heterocycles. The predicted molar refractivity (Wildman–Crippen MR) is 83.7 cm³/mol. The number of nitrogens with one attached hydrogen (secondary N) is 2. The average Bonchev–Trinajstić information content (AvgIpc) is 2.31. The largest absolute Gasteiger partial charge is 0.392 e. The smallest absolute Gasteiger partial charge is 0.252 e. The van der Waals surface area contributed by atoms with Gasteiger partial charge in [-0.1, -0.05) is 0 Å². The maximum absolute atomic E-state index is 11.9. The summed E-state index contributed by atoms with van der Waals surface area (Å²) < 4.78 is 1.81. The summed E-state index contributed by atoms with van der Waals surface area (Å²) in [5, 5.41) is 14.9. The number of hydrogen-bond acceptors (Lipinski definition) is 3. The maximum atomic E-state index is 11.9. The predicted octanol–water partition coefficient (Wildman–Crippen LogP) is 1.75. The van der Waals surface area contributed by atoms with Gasteiger partial charge in [0.2, 0.25) is 0 Å². The van der Waals surface area contributed by atoms with Crippen molar-refractivity contribution >= 4 is 44.4 Å². The minimum atomic E-state index is -0.370. The number of rotatable bonds is 6. The molecule has 0 fully saturated rings. The Bertz CT molecular complexity index is 413. The van der Waals surface area contributed by atoms with Crippen LogP contribution in [0.2, 0.25) is 0 Å². The lowest BCUT2D eigenvalue weighted by atomic mass is 10.2. The van der Waals surface area contributed by atoms with Gasteiger partial charge in [-0.2, -0.15) is 0 Å². The molecule has 1 unspecified atom stereocenters. The summed E-state index contributed by atoms with van der Waals surface area (Å²) in [5.41, 5.74) is 0.637. The van der Waals surface area contributed by atoms with Gasteiger partial charge >= 0.3 is 0 Å². The Kier molecular flexibility index (Phi) is 7.13. The summed E-state index contributed by atoms with van der Waals surface area (Å²) >= 11 is 5.53. The van der Waals surface area contributed by atoms with Crippen LogP contribution in [0.15, 0.2) is 22.7 Å². The zero-order valence-corrected chi connectivity index (χ0v) is 13.8. The number of halogens is 2. The zero-order chi connectivity index (χ0) is 13.5. The Morgan fingerprint density at radius 2 is 2.22 bits per heavy atom. The lowest BCUT2D eigenvalue weighted by molar-refractivity contribution is 0.0953. The molecule has 0 bridgehead atoms. The first-order valence-electron chi connectivity index (χ1n) is 5.62. The number of carbonyl (C=O) groups excluding carboxylic acids is 1. The highest BCUT2D eigenvalue weighted by Crippen LogP contribution is 2.19. The SMILES string of the molecule is CC(O)CNCCNC(=O)c1cc(I)ccc1Br. The van der Waals surface area contributed by atoms with E-state index in [0.717, 1.165) is 8.04 Å². The standard InChI is InChI=1S/C12H16BrIN2O2/c1-8(17)7-15-4-5-16-12(18)10-6-9(14)2-3-11(10)13/h2-3,6,8,15,17H,4-5,7H2,1H3,(H,16,18). The van der Waals surface area contributed by atoms with Crippen LogP contribution < -0.4 is 10.6 Å². The van der Waals surface area contributed by atoms with E-state index in [4.69, 9.17) is 5.11 Å². The summed E-state index contributed by atoms with van der Waals surface area (Å²) in [6.07, 6.45) is -0.370. The van der Waals surface area contributed by atoms with Gasteiger partial charge in [0.1, 0.15) is 0 Å². The molecule has 100 valence electrons.